The van der Waals surface area contributed by atoms with Crippen LogP contribution < -0.4 is 10.1 Å². The van der Waals surface area contributed by atoms with Gasteiger partial charge in [0, 0.05) is 22.9 Å². The minimum absolute atomic E-state index is 0.435. The van der Waals surface area contributed by atoms with Crippen LogP contribution in [-0.4, -0.2) is 23.6 Å². The van der Waals surface area contributed by atoms with E-state index in [4.69, 9.17) is 16.3 Å². The lowest BCUT2D eigenvalue weighted by Gasteiger charge is -2.11. The highest BCUT2D eigenvalue weighted by Crippen LogP contribution is 2.31. The predicted molar refractivity (Wildman–Crippen MR) is 87.6 cm³/mol. The van der Waals surface area contributed by atoms with Crippen molar-refractivity contribution in [3.8, 4) is 5.75 Å². The third-order valence-electron chi connectivity index (χ3n) is 3.24. The van der Waals surface area contributed by atoms with Gasteiger partial charge in [0.1, 0.15) is 23.0 Å². The molecule has 2 aromatic heterocycles. The molecule has 21 heavy (non-hydrogen) atoms. The zero-order chi connectivity index (χ0) is 14.7. The van der Waals surface area contributed by atoms with Crippen molar-refractivity contribution < 1.29 is 4.74 Å². The Morgan fingerprint density at radius 1 is 1.29 bits per heavy atom. The van der Waals surface area contributed by atoms with Gasteiger partial charge in [0.15, 0.2) is 0 Å². The van der Waals surface area contributed by atoms with Crippen LogP contribution in [0, 0.1) is 0 Å². The SMILES string of the molecule is COc1ccc2sccc2c1CCNc1cc(Cl)ncn1. The van der Waals surface area contributed by atoms with E-state index in [9.17, 15) is 0 Å². The molecule has 0 aliphatic heterocycles. The first-order chi connectivity index (χ1) is 10.3. The molecule has 3 rings (SSSR count). The third kappa shape index (κ3) is 3.09. The van der Waals surface area contributed by atoms with E-state index in [-0.39, 0.29) is 0 Å². The molecule has 4 nitrogen and oxygen atoms in total. The van der Waals surface area contributed by atoms with Crippen molar-refractivity contribution >= 4 is 38.8 Å². The largest absolute Gasteiger partial charge is 0.496 e. The molecule has 1 N–H and O–H groups in total. The molecule has 108 valence electrons. The number of hydrogen-bond donors (Lipinski definition) is 1. The number of rotatable bonds is 5. The molecule has 3 aromatic rings. The number of anilines is 1. The van der Waals surface area contributed by atoms with Crippen LogP contribution in [0.15, 0.2) is 36.0 Å². The van der Waals surface area contributed by atoms with E-state index in [1.165, 1.54) is 22.0 Å². The van der Waals surface area contributed by atoms with Gasteiger partial charge in [-0.15, -0.1) is 11.3 Å². The summed E-state index contributed by atoms with van der Waals surface area (Å²) in [4.78, 5) is 7.99. The maximum absolute atomic E-state index is 5.84. The smallest absolute Gasteiger partial charge is 0.134 e. The minimum Gasteiger partial charge on any atom is -0.496 e. The Labute approximate surface area is 131 Å². The van der Waals surface area contributed by atoms with Gasteiger partial charge in [-0.1, -0.05) is 11.6 Å². The van der Waals surface area contributed by atoms with Crippen molar-refractivity contribution in [1.82, 2.24) is 9.97 Å². The highest BCUT2D eigenvalue weighted by Gasteiger charge is 2.09. The second-order valence-corrected chi connectivity index (χ2v) is 5.82. The molecule has 0 radical (unpaired) electrons. The van der Waals surface area contributed by atoms with Crippen molar-refractivity contribution in [2.24, 2.45) is 0 Å². The van der Waals surface area contributed by atoms with Gasteiger partial charge in [0.2, 0.25) is 0 Å². The Morgan fingerprint density at radius 3 is 3.00 bits per heavy atom. The van der Waals surface area contributed by atoms with Crippen molar-refractivity contribution in [2.75, 3.05) is 19.0 Å². The lowest BCUT2D eigenvalue weighted by molar-refractivity contribution is 0.411. The van der Waals surface area contributed by atoms with Crippen LogP contribution in [0.5, 0.6) is 5.75 Å². The fourth-order valence-electron chi connectivity index (χ4n) is 2.28. The number of methoxy groups -OCH3 is 1. The van der Waals surface area contributed by atoms with Crippen LogP contribution >= 0.6 is 22.9 Å². The van der Waals surface area contributed by atoms with Crippen molar-refractivity contribution in [3.05, 3.63) is 46.7 Å². The number of aromatic nitrogens is 2. The van der Waals surface area contributed by atoms with E-state index >= 15 is 0 Å². The van der Waals surface area contributed by atoms with Crippen molar-refractivity contribution in [3.63, 3.8) is 0 Å². The van der Waals surface area contributed by atoms with Gasteiger partial charge in [0.05, 0.1) is 7.11 Å². The molecular formula is C15H14ClN3OS. The normalized spacial score (nSPS) is 10.8. The molecule has 6 heteroatoms. The number of fused-ring (bicyclic) bond motifs is 1. The average molecular weight is 320 g/mol. The summed E-state index contributed by atoms with van der Waals surface area (Å²) in [7, 11) is 1.70. The topological polar surface area (TPSA) is 47.0 Å². The van der Waals surface area contributed by atoms with Crippen LogP contribution in [0.4, 0.5) is 5.82 Å². The second-order valence-electron chi connectivity index (χ2n) is 4.48. The maximum atomic E-state index is 5.84. The molecule has 0 unspecified atom stereocenters. The molecule has 0 saturated carbocycles. The van der Waals surface area contributed by atoms with E-state index in [0.717, 1.165) is 24.5 Å². The van der Waals surface area contributed by atoms with Gasteiger partial charge in [-0.2, -0.15) is 0 Å². The average Bonchev–Trinajstić information content (AvgIpc) is 2.96. The number of ether oxygens (including phenoxy) is 1. The number of nitrogens with zero attached hydrogens (tertiary/aromatic N) is 2. The maximum Gasteiger partial charge on any atom is 0.134 e. The number of thiophene rings is 1. The van der Waals surface area contributed by atoms with Crippen molar-refractivity contribution in [2.45, 2.75) is 6.42 Å². The Balaban J connectivity index is 1.77. The Hall–Kier alpha value is -1.85. The molecule has 0 aliphatic carbocycles. The van der Waals surface area contributed by atoms with Gasteiger partial charge < -0.3 is 10.1 Å². The summed E-state index contributed by atoms with van der Waals surface area (Å²) < 4.78 is 6.75. The molecule has 0 aliphatic rings. The summed E-state index contributed by atoms with van der Waals surface area (Å²) in [5, 5.41) is 7.04. The lowest BCUT2D eigenvalue weighted by atomic mass is 10.1. The first-order valence-corrected chi connectivity index (χ1v) is 7.78. The van der Waals surface area contributed by atoms with Crippen LogP contribution in [0.25, 0.3) is 10.1 Å². The Bertz CT molecular complexity index is 760. The van der Waals surface area contributed by atoms with Crippen LogP contribution in [-0.2, 0) is 6.42 Å². The van der Waals surface area contributed by atoms with Gasteiger partial charge in [0.25, 0.3) is 0 Å². The van der Waals surface area contributed by atoms with Crippen molar-refractivity contribution in [1.29, 1.82) is 0 Å². The van der Waals surface area contributed by atoms with E-state index in [0.29, 0.717) is 5.15 Å². The molecule has 2 heterocycles. The summed E-state index contributed by atoms with van der Waals surface area (Å²) >= 11 is 7.58. The number of benzene rings is 1. The Morgan fingerprint density at radius 2 is 2.19 bits per heavy atom. The molecule has 0 spiro atoms. The summed E-state index contributed by atoms with van der Waals surface area (Å²) in [6, 6.07) is 7.97. The first kappa shape index (κ1) is 14.1. The Kier molecular flexibility index (Phi) is 4.22. The quantitative estimate of drug-likeness (QED) is 0.722. The van der Waals surface area contributed by atoms with Crippen LogP contribution in [0.2, 0.25) is 5.15 Å². The summed E-state index contributed by atoms with van der Waals surface area (Å²) in [6.07, 6.45) is 2.30. The highest BCUT2D eigenvalue weighted by molar-refractivity contribution is 7.17. The molecule has 1 aromatic carbocycles. The lowest BCUT2D eigenvalue weighted by Crippen LogP contribution is -2.07. The number of halogens is 1. The van der Waals surface area contributed by atoms with Gasteiger partial charge in [-0.25, -0.2) is 9.97 Å². The molecule has 0 bridgehead atoms. The van der Waals surface area contributed by atoms with E-state index in [1.807, 2.05) is 6.07 Å². The van der Waals surface area contributed by atoms with Gasteiger partial charge >= 0.3 is 0 Å². The van der Waals surface area contributed by atoms with Gasteiger partial charge in [-0.05, 0) is 35.4 Å². The van der Waals surface area contributed by atoms with Gasteiger partial charge in [-0.3, -0.25) is 0 Å². The summed E-state index contributed by atoms with van der Waals surface area (Å²) in [6.45, 7) is 0.749. The summed E-state index contributed by atoms with van der Waals surface area (Å²) in [5.74, 6) is 1.65. The first-order valence-electron chi connectivity index (χ1n) is 6.52. The molecular weight excluding hydrogens is 306 g/mol. The van der Waals surface area contributed by atoms with Crippen LogP contribution in [0.3, 0.4) is 0 Å². The number of nitrogens with one attached hydrogen (secondary N) is 1. The fourth-order valence-corrected chi connectivity index (χ4v) is 3.24. The second kappa shape index (κ2) is 6.28. The molecule has 0 amide bonds. The van der Waals surface area contributed by atoms with E-state index in [2.05, 4.69) is 32.8 Å². The molecule has 0 atom stereocenters. The zero-order valence-electron chi connectivity index (χ0n) is 11.5. The van der Waals surface area contributed by atoms with E-state index in [1.54, 1.807) is 24.5 Å². The fraction of sp³-hybridized carbons (Fsp3) is 0.200. The summed E-state index contributed by atoms with van der Waals surface area (Å²) in [5.41, 5.74) is 1.21. The number of hydrogen-bond acceptors (Lipinski definition) is 5. The minimum atomic E-state index is 0.435. The standard InChI is InChI=1S/C15H14ClN3OS/c1-20-12-2-3-13-11(5-7-21-13)10(12)4-6-17-15-8-14(16)18-9-19-15/h2-3,5,7-9H,4,6H2,1H3,(H,17,18,19). The monoisotopic (exact) mass is 319 g/mol. The third-order valence-corrected chi connectivity index (χ3v) is 4.33. The van der Waals surface area contributed by atoms with E-state index < -0.39 is 0 Å². The predicted octanol–water partition coefficient (Wildman–Crippen LogP) is 4.01. The molecule has 0 fully saturated rings. The zero-order valence-corrected chi connectivity index (χ0v) is 13.0. The molecule has 0 saturated heterocycles. The highest BCUT2D eigenvalue weighted by atomic mass is 35.5. The van der Waals surface area contributed by atoms with Crippen LogP contribution in [0.1, 0.15) is 5.56 Å².